The number of nitrogens with zero attached hydrogens (tertiary/aromatic N) is 3. The summed E-state index contributed by atoms with van der Waals surface area (Å²) < 4.78 is 29.8. The Labute approximate surface area is 110 Å². The zero-order valence-corrected chi connectivity index (χ0v) is 10.7. The van der Waals surface area contributed by atoms with Gasteiger partial charge in [0.25, 0.3) is 0 Å². The smallest absolute Gasteiger partial charge is 0.509 e. The van der Waals surface area contributed by atoms with Crippen LogP contribution in [0.25, 0.3) is 0 Å². The van der Waals surface area contributed by atoms with E-state index in [1.165, 1.54) is 12.4 Å². The van der Waals surface area contributed by atoms with Crippen molar-refractivity contribution in [2.45, 2.75) is 0 Å². The summed E-state index contributed by atoms with van der Waals surface area (Å²) in [6, 6.07) is 0. The minimum absolute atomic E-state index is 0.0238. The van der Waals surface area contributed by atoms with Gasteiger partial charge in [0.05, 0.1) is 18.1 Å². The molecule has 0 amide bonds. The van der Waals surface area contributed by atoms with Gasteiger partial charge in [-0.3, -0.25) is 0 Å². The Morgan fingerprint density at radius 2 is 2.00 bits per heavy atom. The molecule has 0 bridgehead atoms. The summed E-state index contributed by atoms with van der Waals surface area (Å²) in [6.45, 7) is 1.04. The number of nitrogens with one attached hydrogen (secondary N) is 1. The van der Waals surface area contributed by atoms with Gasteiger partial charge in [0.1, 0.15) is 5.75 Å². The third-order valence-corrected chi connectivity index (χ3v) is 3.84. The zero-order valence-electron chi connectivity index (χ0n) is 9.93. The van der Waals surface area contributed by atoms with Crippen molar-refractivity contribution < 1.29 is 23.1 Å². The third-order valence-electron chi connectivity index (χ3n) is 2.47. The predicted octanol–water partition coefficient (Wildman–Crippen LogP) is -2.44. The standard InChI is InChI=1S/C8H13BN4O5S/c14-9(15)18-7-5-10-8(11-6-7)13-2-1-12-19(16,17)4-3-13/h5-6,12,14-15H,1-4H2. The molecule has 0 radical (unpaired) electrons. The molecular formula is C8H13BN4O5S. The van der Waals surface area contributed by atoms with Crippen LogP contribution >= 0.6 is 0 Å². The molecular weight excluding hydrogens is 275 g/mol. The number of hydrogen-bond acceptors (Lipinski definition) is 8. The minimum Gasteiger partial charge on any atom is -0.509 e. The lowest BCUT2D eigenvalue weighted by Gasteiger charge is -2.18. The van der Waals surface area contributed by atoms with E-state index in [2.05, 4.69) is 19.3 Å². The predicted molar refractivity (Wildman–Crippen MR) is 66.9 cm³/mol. The fourth-order valence-corrected chi connectivity index (χ4v) is 2.61. The molecule has 1 fully saturated rings. The first kappa shape index (κ1) is 14.0. The van der Waals surface area contributed by atoms with Crippen LogP contribution in [0.15, 0.2) is 12.4 Å². The molecule has 1 aromatic heterocycles. The maximum absolute atomic E-state index is 11.4. The second-order valence-corrected chi connectivity index (χ2v) is 5.79. The summed E-state index contributed by atoms with van der Waals surface area (Å²) in [7, 11) is -5.15. The van der Waals surface area contributed by atoms with Crippen LogP contribution in [0, 0.1) is 0 Å². The molecule has 0 aromatic carbocycles. The first-order chi connectivity index (χ1) is 8.96. The van der Waals surface area contributed by atoms with Crippen molar-refractivity contribution in [3.63, 3.8) is 0 Å². The first-order valence-electron chi connectivity index (χ1n) is 5.53. The van der Waals surface area contributed by atoms with Gasteiger partial charge < -0.3 is 19.6 Å². The fraction of sp³-hybridized carbons (Fsp3) is 0.500. The Balaban J connectivity index is 2.05. The molecule has 9 nitrogen and oxygen atoms in total. The van der Waals surface area contributed by atoms with E-state index in [4.69, 9.17) is 10.0 Å². The van der Waals surface area contributed by atoms with Gasteiger partial charge in [0.15, 0.2) is 0 Å². The maximum atomic E-state index is 11.4. The van der Waals surface area contributed by atoms with Crippen molar-refractivity contribution in [3.8, 4) is 5.75 Å². The van der Waals surface area contributed by atoms with Gasteiger partial charge in [-0.25, -0.2) is 23.1 Å². The normalized spacial score (nSPS) is 18.7. The van der Waals surface area contributed by atoms with E-state index < -0.39 is 17.3 Å². The molecule has 1 saturated heterocycles. The number of rotatable bonds is 3. The van der Waals surface area contributed by atoms with Gasteiger partial charge in [-0.2, -0.15) is 0 Å². The highest BCUT2D eigenvalue weighted by molar-refractivity contribution is 7.89. The molecule has 1 aliphatic rings. The van der Waals surface area contributed by atoms with E-state index in [1.54, 1.807) is 4.90 Å². The molecule has 1 aliphatic heterocycles. The maximum Gasteiger partial charge on any atom is 0.707 e. The van der Waals surface area contributed by atoms with Crippen LogP contribution in [-0.4, -0.2) is 61.1 Å². The highest BCUT2D eigenvalue weighted by Gasteiger charge is 2.20. The van der Waals surface area contributed by atoms with Crippen molar-refractivity contribution in [2.75, 3.05) is 30.3 Å². The molecule has 1 aromatic rings. The molecule has 104 valence electrons. The van der Waals surface area contributed by atoms with E-state index in [9.17, 15) is 8.42 Å². The molecule has 2 heterocycles. The van der Waals surface area contributed by atoms with Crippen LogP contribution in [0.3, 0.4) is 0 Å². The molecule has 0 atom stereocenters. The van der Waals surface area contributed by atoms with Crippen LogP contribution in [0.1, 0.15) is 0 Å². The lowest BCUT2D eigenvalue weighted by atomic mass is 10.2. The Bertz CT molecular complexity index is 522. The summed E-state index contributed by atoms with van der Waals surface area (Å²) in [5.41, 5.74) is 0. The third kappa shape index (κ3) is 4.03. The minimum atomic E-state index is -3.22. The highest BCUT2D eigenvalue weighted by atomic mass is 32.2. The molecule has 0 spiro atoms. The van der Waals surface area contributed by atoms with Crippen LogP contribution in [0.2, 0.25) is 0 Å². The largest absolute Gasteiger partial charge is 0.707 e. The topological polar surface area (TPSA) is 125 Å². The number of hydrogen-bond donors (Lipinski definition) is 3. The van der Waals surface area contributed by atoms with Crippen molar-refractivity contribution in [1.29, 1.82) is 0 Å². The molecule has 2 rings (SSSR count). The van der Waals surface area contributed by atoms with E-state index in [1.807, 2.05) is 0 Å². The van der Waals surface area contributed by atoms with Gasteiger partial charge in [-0.05, 0) is 0 Å². The highest BCUT2D eigenvalue weighted by Crippen LogP contribution is 2.13. The Morgan fingerprint density at radius 1 is 1.32 bits per heavy atom. The summed E-state index contributed by atoms with van der Waals surface area (Å²) in [4.78, 5) is 9.70. The summed E-state index contributed by atoms with van der Waals surface area (Å²) >= 11 is 0. The second kappa shape index (κ2) is 5.69. The zero-order chi connectivity index (χ0) is 13.9. The first-order valence-corrected chi connectivity index (χ1v) is 7.19. The molecule has 0 unspecified atom stereocenters. The molecule has 0 saturated carbocycles. The van der Waals surface area contributed by atoms with Crippen LogP contribution in [0.5, 0.6) is 5.75 Å². The molecule has 0 aliphatic carbocycles. The van der Waals surface area contributed by atoms with E-state index in [0.29, 0.717) is 19.0 Å². The summed E-state index contributed by atoms with van der Waals surface area (Å²) in [5.74, 6) is 0.447. The van der Waals surface area contributed by atoms with Crippen LogP contribution in [0.4, 0.5) is 5.95 Å². The number of anilines is 1. The van der Waals surface area contributed by atoms with Gasteiger partial charge >= 0.3 is 7.32 Å². The second-order valence-electron chi connectivity index (χ2n) is 3.86. The molecule has 19 heavy (non-hydrogen) atoms. The van der Waals surface area contributed by atoms with Crippen molar-refractivity contribution in [1.82, 2.24) is 14.7 Å². The Hall–Kier alpha value is -1.43. The van der Waals surface area contributed by atoms with Gasteiger partial charge in [0, 0.05) is 19.6 Å². The Kier molecular flexibility index (Phi) is 4.19. The lowest BCUT2D eigenvalue weighted by Crippen LogP contribution is -2.30. The molecule has 3 N–H and O–H groups in total. The quantitative estimate of drug-likeness (QED) is 0.524. The summed E-state index contributed by atoms with van der Waals surface area (Å²) in [5, 5.41) is 17.2. The van der Waals surface area contributed by atoms with Gasteiger partial charge in [0.2, 0.25) is 16.0 Å². The van der Waals surface area contributed by atoms with Crippen molar-refractivity contribution >= 4 is 23.3 Å². The van der Waals surface area contributed by atoms with E-state index in [0.717, 1.165) is 0 Å². The van der Waals surface area contributed by atoms with Crippen molar-refractivity contribution in [3.05, 3.63) is 12.4 Å². The monoisotopic (exact) mass is 288 g/mol. The van der Waals surface area contributed by atoms with Crippen molar-refractivity contribution in [2.24, 2.45) is 0 Å². The van der Waals surface area contributed by atoms with Crippen LogP contribution in [-0.2, 0) is 10.0 Å². The Morgan fingerprint density at radius 3 is 2.63 bits per heavy atom. The van der Waals surface area contributed by atoms with Gasteiger partial charge in [-0.15, -0.1) is 0 Å². The van der Waals surface area contributed by atoms with E-state index in [-0.39, 0.29) is 18.0 Å². The number of aromatic nitrogens is 2. The average Bonchev–Trinajstić information content (AvgIpc) is 2.51. The van der Waals surface area contributed by atoms with E-state index >= 15 is 0 Å². The fourth-order valence-electron chi connectivity index (χ4n) is 1.61. The average molecular weight is 288 g/mol. The number of sulfonamides is 1. The molecule has 11 heteroatoms. The lowest BCUT2D eigenvalue weighted by molar-refractivity contribution is 0.287. The summed E-state index contributed by atoms with van der Waals surface area (Å²) in [6.07, 6.45) is 2.57. The van der Waals surface area contributed by atoms with Crippen LogP contribution < -0.4 is 14.3 Å². The van der Waals surface area contributed by atoms with Gasteiger partial charge in [-0.1, -0.05) is 0 Å². The SMILES string of the molecule is O=S1(=O)CCN(c2ncc(OB(O)O)cn2)CCN1.